The van der Waals surface area contributed by atoms with Crippen molar-refractivity contribution in [3.8, 4) is 0 Å². The van der Waals surface area contributed by atoms with Crippen LogP contribution < -0.4 is 5.73 Å². The van der Waals surface area contributed by atoms with E-state index >= 15 is 0 Å². The summed E-state index contributed by atoms with van der Waals surface area (Å²) in [6, 6.07) is 0. The third kappa shape index (κ3) is 1.78. The zero-order valence-corrected chi connectivity index (χ0v) is 8.36. The molecule has 1 rings (SSSR count). The van der Waals surface area contributed by atoms with Gasteiger partial charge in [0.1, 0.15) is 5.02 Å². The molecule has 0 aliphatic heterocycles. The highest BCUT2D eigenvalue weighted by atomic mass is 35.5. The minimum atomic E-state index is -1.61. The van der Waals surface area contributed by atoms with Crippen molar-refractivity contribution in [3.63, 3.8) is 0 Å². The maximum Gasteiger partial charge on any atom is 0.234 e. The summed E-state index contributed by atoms with van der Waals surface area (Å²) in [4.78, 5) is 3.04. The quantitative estimate of drug-likeness (QED) is 0.713. The van der Waals surface area contributed by atoms with Gasteiger partial charge >= 0.3 is 0 Å². The first kappa shape index (κ1) is 11.1. The van der Waals surface area contributed by atoms with Gasteiger partial charge in [-0.1, -0.05) is 11.6 Å². The van der Waals surface area contributed by atoms with Crippen molar-refractivity contribution in [3.05, 3.63) is 22.4 Å². The Bertz CT molecular complexity index is 350. The maximum atomic E-state index is 13.3. The van der Waals surface area contributed by atoms with Crippen LogP contribution in [0.4, 0.5) is 14.6 Å². The summed E-state index contributed by atoms with van der Waals surface area (Å²) in [5, 5.41) is 8.97. The number of anilines is 1. The number of aromatic nitrogens is 1. The Labute approximate surface area is 84.5 Å². The molecule has 6 heteroatoms. The Morgan fingerprint density at radius 2 is 1.93 bits per heavy atom. The average molecular weight is 223 g/mol. The summed E-state index contributed by atoms with van der Waals surface area (Å²) in [7, 11) is 0. The molecule has 0 aliphatic carbocycles. The molecular formula is C8H9ClF2N2O. The van der Waals surface area contributed by atoms with Crippen LogP contribution in [0.3, 0.4) is 0 Å². The molecule has 0 unspecified atom stereocenters. The fourth-order valence-corrected chi connectivity index (χ4v) is 1.43. The highest BCUT2D eigenvalue weighted by Crippen LogP contribution is 2.33. The molecular weight excluding hydrogens is 214 g/mol. The predicted octanol–water partition coefficient (Wildman–Crippen LogP) is 1.82. The smallest absolute Gasteiger partial charge is 0.234 e. The van der Waals surface area contributed by atoms with Crippen molar-refractivity contribution >= 4 is 17.4 Å². The highest BCUT2D eigenvalue weighted by molar-refractivity contribution is 6.31. The Hall–Kier alpha value is -0.940. The van der Waals surface area contributed by atoms with E-state index in [1.807, 2.05) is 0 Å². The summed E-state index contributed by atoms with van der Waals surface area (Å²) in [5.74, 6) is -2.71. The minimum absolute atomic E-state index is 0.385. The molecule has 0 radical (unpaired) electrons. The lowest BCUT2D eigenvalue weighted by Crippen LogP contribution is -2.20. The Morgan fingerprint density at radius 3 is 2.36 bits per heavy atom. The van der Waals surface area contributed by atoms with Gasteiger partial charge in [-0.15, -0.1) is 0 Å². The number of rotatable bonds is 1. The van der Waals surface area contributed by atoms with E-state index in [0.29, 0.717) is 0 Å². The van der Waals surface area contributed by atoms with E-state index < -0.39 is 28.2 Å². The standard InChI is InChI=1S/C8H9ClF2N2O/c1-8(2,14)3-4(9)6(11)13-7(12)5(3)10/h14H,1-2H3,(H2,12,13). The highest BCUT2D eigenvalue weighted by Gasteiger charge is 2.28. The van der Waals surface area contributed by atoms with Crippen LogP contribution >= 0.6 is 11.6 Å². The molecule has 1 aromatic rings. The second kappa shape index (κ2) is 3.33. The number of nitrogens with zero attached hydrogens (tertiary/aromatic N) is 1. The first-order valence-electron chi connectivity index (χ1n) is 3.78. The van der Waals surface area contributed by atoms with Crippen LogP contribution in [0.2, 0.25) is 5.02 Å². The van der Waals surface area contributed by atoms with Crippen molar-refractivity contribution in [2.24, 2.45) is 0 Å². The van der Waals surface area contributed by atoms with Gasteiger partial charge in [0.05, 0.1) is 5.60 Å². The van der Waals surface area contributed by atoms with E-state index in [1.165, 1.54) is 13.8 Å². The van der Waals surface area contributed by atoms with Crippen LogP contribution in [-0.4, -0.2) is 10.1 Å². The van der Waals surface area contributed by atoms with E-state index in [-0.39, 0.29) is 5.56 Å². The Kier molecular flexibility index (Phi) is 2.65. The topological polar surface area (TPSA) is 59.1 Å². The van der Waals surface area contributed by atoms with Crippen LogP contribution in [0.1, 0.15) is 19.4 Å². The molecule has 0 bridgehead atoms. The van der Waals surface area contributed by atoms with Gasteiger partial charge in [-0.25, -0.2) is 4.39 Å². The van der Waals surface area contributed by atoms with Gasteiger partial charge in [-0.2, -0.15) is 9.37 Å². The van der Waals surface area contributed by atoms with Gasteiger partial charge in [0, 0.05) is 5.56 Å². The van der Waals surface area contributed by atoms with Gasteiger partial charge in [0.2, 0.25) is 5.95 Å². The number of halogens is 3. The van der Waals surface area contributed by atoms with Crippen molar-refractivity contribution in [1.82, 2.24) is 4.98 Å². The lowest BCUT2D eigenvalue weighted by atomic mass is 9.99. The van der Waals surface area contributed by atoms with E-state index in [2.05, 4.69) is 4.98 Å². The molecule has 0 saturated heterocycles. The second-order valence-corrected chi connectivity index (χ2v) is 3.73. The lowest BCUT2D eigenvalue weighted by Gasteiger charge is -2.20. The number of aliphatic hydroxyl groups is 1. The minimum Gasteiger partial charge on any atom is -0.386 e. The van der Waals surface area contributed by atoms with Gasteiger partial charge < -0.3 is 10.8 Å². The molecule has 1 aromatic heterocycles. The summed E-state index contributed by atoms with van der Waals surface area (Å²) < 4.78 is 26.3. The van der Waals surface area contributed by atoms with Crippen LogP contribution in [0, 0.1) is 11.8 Å². The van der Waals surface area contributed by atoms with E-state index in [0.717, 1.165) is 0 Å². The number of nitrogens with two attached hydrogens (primary N) is 1. The average Bonchev–Trinajstić information content (AvgIpc) is 1.98. The molecule has 0 amide bonds. The second-order valence-electron chi connectivity index (χ2n) is 3.35. The summed E-state index contributed by atoms with van der Waals surface area (Å²) >= 11 is 5.46. The van der Waals surface area contributed by atoms with E-state index in [9.17, 15) is 13.9 Å². The van der Waals surface area contributed by atoms with Crippen molar-refractivity contribution in [2.75, 3.05) is 5.73 Å². The van der Waals surface area contributed by atoms with Crippen molar-refractivity contribution in [1.29, 1.82) is 0 Å². The molecule has 0 saturated carbocycles. The first-order chi connectivity index (χ1) is 6.25. The van der Waals surface area contributed by atoms with Crippen LogP contribution in [0.5, 0.6) is 0 Å². The van der Waals surface area contributed by atoms with E-state index in [4.69, 9.17) is 17.3 Å². The summed E-state index contributed by atoms with van der Waals surface area (Å²) in [6.07, 6.45) is 0. The monoisotopic (exact) mass is 222 g/mol. The van der Waals surface area contributed by atoms with Crippen LogP contribution in [-0.2, 0) is 5.60 Å². The van der Waals surface area contributed by atoms with Gasteiger partial charge in [0.15, 0.2) is 11.6 Å². The summed E-state index contributed by atoms with van der Waals surface area (Å²) in [5.41, 5.74) is 3.09. The molecule has 1 heterocycles. The molecule has 0 aliphatic rings. The van der Waals surface area contributed by atoms with Crippen LogP contribution in [0.25, 0.3) is 0 Å². The molecule has 78 valence electrons. The summed E-state index contributed by atoms with van der Waals surface area (Å²) in [6.45, 7) is 2.55. The number of hydrogen-bond donors (Lipinski definition) is 2. The normalized spacial score (nSPS) is 11.9. The van der Waals surface area contributed by atoms with Crippen molar-refractivity contribution in [2.45, 2.75) is 19.4 Å². The van der Waals surface area contributed by atoms with Crippen molar-refractivity contribution < 1.29 is 13.9 Å². The van der Waals surface area contributed by atoms with Gasteiger partial charge in [-0.3, -0.25) is 0 Å². The number of hydrogen-bond acceptors (Lipinski definition) is 3. The van der Waals surface area contributed by atoms with E-state index in [1.54, 1.807) is 0 Å². The zero-order valence-electron chi connectivity index (χ0n) is 7.61. The Morgan fingerprint density at radius 1 is 1.43 bits per heavy atom. The van der Waals surface area contributed by atoms with Gasteiger partial charge in [-0.05, 0) is 13.8 Å². The van der Waals surface area contributed by atoms with Crippen LogP contribution in [0.15, 0.2) is 0 Å². The van der Waals surface area contributed by atoms with Gasteiger partial charge in [0.25, 0.3) is 0 Å². The number of nitrogen functional groups attached to an aromatic ring is 1. The third-order valence-electron chi connectivity index (χ3n) is 1.68. The molecule has 0 fully saturated rings. The Balaban J connectivity index is 3.56. The largest absolute Gasteiger partial charge is 0.386 e. The molecule has 0 spiro atoms. The fraction of sp³-hybridized carbons (Fsp3) is 0.375. The SMILES string of the molecule is CC(C)(O)c1c(F)c(N)nc(F)c1Cl. The molecule has 3 N–H and O–H groups in total. The zero-order chi connectivity index (χ0) is 11.1. The maximum absolute atomic E-state index is 13.3. The molecule has 0 atom stereocenters. The number of pyridine rings is 1. The molecule has 3 nitrogen and oxygen atoms in total. The molecule has 14 heavy (non-hydrogen) atoms. The fourth-order valence-electron chi connectivity index (χ4n) is 1.07. The lowest BCUT2D eigenvalue weighted by molar-refractivity contribution is 0.0742. The first-order valence-corrected chi connectivity index (χ1v) is 4.15. The molecule has 0 aromatic carbocycles. The predicted molar refractivity (Wildman–Crippen MR) is 48.8 cm³/mol. The third-order valence-corrected chi connectivity index (χ3v) is 2.02.